The van der Waals surface area contributed by atoms with Gasteiger partial charge in [-0.05, 0) is 57.4 Å². The molecule has 9 heteroatoms. The summed E-state index contributed by atoms with van der Waals surface area (Å²) in [5, 5.41) is 9.77. The first-order chi connectivity index (χ1) is 17.5. The SMILES string of the molecule is Cc1ccc(-c2ccnc3[nH]c(-c4n[nH]c5cnc(-c6cncc(OCCN(C)C)c6)cc45)cc23)s1. The van der Waals surface area contributed by atoms with Crippen LogP contribution < -0.4 is 4.74 Å². The second-order valence-electron chi connectivity index (χ2n) is 8.96. The van der Waals surface area contributed by atoms with Crippen LogP contribution >= 0.6 is 11.3 Å². The molecule has 0 aliphatic heterocycles. The van der Waals surface area contributed by atoms with Crippen molar-refractivity contribution in [2.24, 2.45) is 0 Å². The molecule has 0 aliphatic carbocycles. The van der Waals surface area contributed by atoms with E-state index < -0.39 is 0 Å². The third kappa shape index (κ3) is 4.23. The van der Waals surface area contributed by atoms with Crippen molar-refractivity contribution in [1.82, 2.24) is 35.0 Å². The van der Waals surface area contributed by atoms with Crippen molar-refractivity contribution in [3.63, 3.8) is 0 Å². The van der Waals surface area contributed by atoms with E-state index in [0.29, 0.717) is 6.61 Å². The van der Waals surface area contributed by atoms with E-state index in [1.807, 2.05) is 38.6 Å². The first-order valence-electron chi connectivity index (χ1n) is 11.7. The van der Waals surface area contributed by atoms with Crippen LogP contribution in [0.4, 0.5) is 0 Å². The predicted octanol–water partition coefficient (Wildman–Crippen LogP) is 5.54. The number of nitrogens with zero attached hydrogens (tertiary/aromatic N) is 5. The molecule has 6 rings (SSSR count). The number of hydrogen-bond donors (Lipinski definition) is 2. The number of pyridine rings is 3. The summed E-state index contributed by atoms with van der Waals surface area (Å²) in [7, 11) is 4.04. The summed E-state index contributed by atoms with van der Waals surface area (Å²) in [6, 6.07) is 12.5. The van der Waals surface area contributed by atoms with E-state index in [9.17, 15) is 0 Å². The Kier molecular flexibility index (Phi) is 5.71. The number of hydrogen-bond acceptors (Lipinski definition) is 7. The van der Waals surface area contributed by atoms with Crippen LogP contribution in [0.2, 0.25) is 0 Å². The van der Waals surface area contributed by atoms with Crippen molar-refractivity contribution < 1.29 is 4.74 Å². The molecule has 0 atom stereocenters. The minimum Gasteiger partial charge on any atom is -0.491 e. The number of aryl methyl sites for hydroxylation is 1. The monoisotopic (exact) mass is 495 g/mol. The Morgan fingerprint density at radius 2 is 1.92 bits per heavy atom. The van der Waals surface area contributed by atoms with Gasteiger partial charge in [0.2, 0.25) is 0 Å². The number of ether oxygens (including phenoxy) is 1. The summed E-state index contributed by atoms with van der Waals surface area (Å²) in [5.41, 5.74) is 6.29. The summed E-state index contributed by atoms with van der Waals surface area (Å²) >= 11 is 1.78. The highest BCUT2D eigenvalue weighted by atomic mass is 32.1. The second kappa shape index (κ2) is 9.18. The minimum absolute atomic E-state index is 0.595. The summed E-state index contributed by atoms with van der Waals surface area (Å²) in [5.74, 6) is 0.724. The van der Waals surface area contributed by atoms with E-state index in [2.05, 4.69) is 66.2 Å². The zero-order valence-electron chi connectivity index (χ0n) is 20.2. The average molecular weight is 496 g/mol. The van der Waals surface area contributed by atoms with Crippen LogP contribution in [-0.4, -0.2) is 62.3 Å². The largest absolute Gasteiger partial charge is 0.491 e. The smallest absolute Gasteiger partial charge is 0.138 e. The number of aromatic nitrogens is 6. The van der Waals surface area contributed by atoms with Gasteiger partial charge in [-0.2, -0.15) is 5.10 Å². The number of H-pyrrole nitrogens is 2. The van der Waals surface area contributed by atoms with Gasteiger partial charge in [0.05, 0.1) is 29.3 Å². The molecule has 180 valence electrons. The Morgan fingerprint density at radius 3 is 2.75 bits per heavy atom. The zero-order valence-corrected chi connectivity index (χ0v) is 21.1. The van der Waals surface area contributed by atoms with Crippen molar-refractivity contribution in [1.29, 1.82) is 0 Å². The maximum absolute atomic E-state index is 5.87. The first-order valence-corrected chi connectivity index (χ1v) is 12.5. The van der Waals surface area contributed by atoms with E-state index in [1.165, 1.54) is 15.3 Å². The Morgan fingerprint density at radius 1 is 1.00 bits per heavy atom. The molecule has 36 heavy (non-hydrogen) atoms. The van der Waals surface area contributed by atoms with Gasteiger partial charge in [0.15, 0.2) is 0 Å². The molecule has 0 amide bonds. The minimum atomic E-state index is 0.595. The molecule has 0 spiro atoms. The van der Waals surface area contributed by atoms with Crippen LogP contribution in [0.1, 0.15) is 4.88 Å². The van der Waals surface area contributed by atoms with Gasteiger partial charge in [0.1, 0.15) is 23.7 Å². The Labute approximate surface area is 212 Å². The third-order valence-electron chi connectivity index (χ3n) is 6.06. The molecule has 0 unspecified atom stereocenters. The van der Waals surface area contributed by atoms with Crippen LogP contribution in [0.25, 0.3) is 55.0 Å². The molecule has 2 N–H and O–H groups in total. The fourth-order valence-electron chi connectivity index (χ4n) is 4.21. The number of nitrogens with one attached hydrogen (secondary N) is 2. The van der Waals surface area contributed by atoms with Crippen LogP contribution in [0.3, 0.4) is 0 Å². The average Bonchev–Trinajstić information content (AvgIpc) is 3.61. The molecule has 0 saturated heterocycles. The molecule has 0 aliphatic rings. The van der Waals surface area contributed by atoms with Crippen LogP contribution in [-0.2, 0) is 0 Å². The molecule has 6 aromatic heterocycles. The lowest BCUT2D eigenvalue weighted by molar-refractivity contribution is 0.261. The molecular formula is C27H25N7OS. The highest BCUT2D eigenvalue weighted by molar-refractivity contribution is 7.15. The van der Waals surface area contributed by atoms with E-state index in [4.69, 9.17) is 4.74 Å². The quantitative estimate of drug-likeness (QED) is 0.302. The van der Waals surface area contributed by atoms with Crippen LogP contribution in [0.5, 0.6) is 5.75 Å². The highest BCUT2D eigenvalue weighted by Crippen LogP contribution is 2.36. The number of fused-ring (bicyclic) bond motifs is 2. The van der Waals surface area contributed by atoms with Gasteiger partial charge < -0.3 is 14.6 Å². The van der Waals surface area contributed by atoms with Gasteiger partial charge in [-0.15, -0.1) is 11.3 Å². The zero-order chi connectivity index (χ0) is 24.6. The predicted molar refractivity (Wildman–Crippen MR) is 144 cm³/mol. The summed E-state index contributed by atoms with van der Waals surface area (Å²) in [4.78, 5) is 21.6. The highest BCUT2D eigenvalue weighted by Gasteiger charge is 2.16. The normalized spacial score (nSPS) is 11.7. The van der Waals surface area contributed by atoms with Gasteiger partial charge in [-0.3, -0.25) is 15.1 Å². The van der Waals surface area contributed by atoms with Crippen molar-refractivity contribution in [2.75, 3.05) is 27.2 Å². The van der Waals surface area contributed by atoms with E-state index in [-0.39, 0.29) is 0 Å². The van der Waals surface area contributed by atoms with E-state index in [0.717, 1.165) is 56.9 Å². The third-order valence-corrected chi connectivity index (χ3v) is 7.09. The van der Waals surface area contributed by atoms with Gasteiger partial charge in [-0.25, -0.2) is 4.98 Å². The number of thiophene rings is 1. The fourth-order valence-corrected chi connectivity index (χ4v) is 5.12. The number of aromatic amines is 2. The molecule has 6 heterocycles. The maximum atomic E-state index is 5.87. The van der Waals surface area contributed by atoms with Crippen LogP contribution in [0, 0.1) is 6.92 Å². The van der Waals surface area contributed by atoms with Crippen molar-refractivity contribution in [2.45, 2.75) is 6.92 Å². The Hall–Kier alpha value is -4.08. The summed E-state index contributed by atoms with van der Waals surface area (Å²) in [6.07, 6.45) is 7.18. The lowest BCUT2D eigenvalue weighted by atomic mass is 10.1. The molecule has 0 aromatic carbocycles. The lowest BCUT2D eigenvalue weighted by Gasteiger charge is -2.11. The van der Waals surface area contributed by atoms with Gasteiger partial charge >= 0.3 is 0 Å². The van der Waals surface area contributed by atoms with Crippen molar-refractivity contribution in [3.8, 4) is 38.8 Å². The molecular weight excluding hydrogens is 470 g/mol. The molecule has 8 nitrogen and oxygen atoms in total. The number of rotatable bonds is 7. The maximum Gasteiger partial charge on any atom is 0.138 e. The van der Waals surface area contributed by atoms with Gasteiger partial charge in [0.25, 0.3) is 0 Å². The van der Waals surface area contributed by atoms with Crippen LogP contribution in [0.15, 0.2) is 61.2 Å². The van der Waals surface area contributed by atoms with Gasteiger partial charge in [0, 0.05) is 50.6 Å². The van der Waals surface area contributed by atoms with Crippen molar-refractivity contribution in [3.05, 3.63) is 66.1 Å². The molecule has 0 bridgehead atoms. The number of likely N-dealkylation sites (N-methyl/N-ethyl adjacent to an activating group) is 1. The van der Waals surface area contributed by atoms with Crippen molar-refractivity contribution >= 4 is 33.3 Å². The molecule has 6 aromatic rings. The Bertz CT molecular complexity index is 1680. The first kappa shape index (κ1) is 22.4. The second-order valence-corrected chi connectivity index (χ2v) is 10.3. The molecule has 0 radical (unpaired) electrons. The molecule has 0 fully saturated rings. The van der Waals surface area contributed by atoms with E-state index in [1.54, 1.807) is 23.7 Å². The summed E-state index contributed by atoms with van der Waals surface area (Å²) < 4.78 is 5.87. The standard InChI is InChI=1S/C27H25N7OS/c1-16-4-5-25(36-16)19-6-7-29-27-20(19)11-23(31-27)26-21-12-22(30-15-24(21)32-33-26)17-10-18(14-28-13-17)35-9-8-34(2)3/h4-7,10-15H,8-9H2,1-3H3,(H,29,31)(H,32,33). The lowest BCUT2D eigenvalue weighted by Crippen LogP contribution is -2.19. The van der Waals surface area contributed by atoms with E-state index >= 15 is 0 Å². The van der Waals surface area contributed by atoms with Gasteiger partial charge in [-0.1, -0.05) is 0 Å². The summed E-state index contributed by atoms with van der Waals surface area (Å²) in [6.45, 7) is 3.55. The fraction of sp³-hybridized carbons (Fsp3) is 0.185. The molecule has 0 saturated carbocycles. The topological polar surface area (TPSA) is 95.6 Å². The Balaban J connectivity index is 1.37.